The third-order valence-corrected chi connectivity index (χ3v) is 3.04. The minimum Gasteiger partial charge on any atom is -0.330 e. The molecule has 0 aliphatic carbocycles. The molecule has 94 valence electrons. The fourth-order valence-corrected chi connectivity index (χ4v) is 1.91. The summed E-state index contributed by atoms with van der Waals surface area (Å²) in [5.41, 5.74) is 7.77. The molecule has 0 fully saturated rings. The molecule has 0 saturated carbocycles. The van der Waals surface area contributed by atoms with Gasteiger partial charge in [-0.05, 0) is 24.1 Å². The van der Waals surface area contributed by atoms with Crippen LogP contribution in [0.4, 0.5) is 0 Å². The normalized spacial score (nSPS) is 12.7. The Hall–Kier alpha value is -1.81. The fraction of sp³-hybridized carbons (Fsp3) is 0.357. The van der Waals surface area contributed by atoms with Gasteiger partial charge in [0.2, 0.25) is 0 Å². The van der Waals surface area contributed by atoms with Crippen LogP contribution in [0, 0.1) is 5.92 Å². The van der Waals surface area contributed by atoms with Crippen LogP contribution in [0.2, 0.25) is 0 Å². The molecule has 1 atom stereocenters. The number of nitrogens with two attached hydrogens (primary N) is 1. The van der Waals surface area contributed by atoms with E-state index in [-0.39, 0.29) is 5.92 Å². The van der Waals surface area contributed by atoms with Gasteiger partial charge in [0.05, 0.1) is 5.69 Å². The molecule has 1 unspecified atom stereocenters. The molecule has 4 nitrogen and oxygen atoms in total. The Kier molecular flexibility index (Phi) is 3.99. The van der Waals surface area contributed by atoms with Crippen LogP contribution in [0.1, 0.15) is 25.6 Å². The molecular formula is C14H18N4. The van der Waals surface area contributed by atoms with Crippen molar-refractivity contribution in [2.24, 2.45) is 11.7 Å². The van der Waals surface area contributed by atoms with Gasteiger partial charge in [0.25, 0.3) is 0 Å². The van der Waals surface area contributed by atoms with Crippen LogP contribution in [0.3, 0.4) is 0 Å². The maximum atomic E-state index is 5.80. The lowest BCUT2D eigenvalue weighted by Gasteiger charge is -2.17. The van der Waals surface area contributed by atoms with Crippen LogP contribution in [0.15, 0.2) is 36.8 Å². The van der Waals surface area contributed by atoms with E-state index in [1.54, 1.807) is 18.6 Å². The molecule has 18 heavy (non-hydrogen) atoms. The van der Waals surface area contributed by atoms with Gasteiger partial charge in [0.1, 0.15) is 5.82 Å². The first-order valence-electron chi connectivity index (χ1n) is 6.15. The Morgan fingerprint density at radius 2 is 1.83 bits per heavy atom. The zero-order valence-electron chi connectivity index (χ0n) is 10.7. The minimum absolute atomic E-state index is 0.201. The highest BCUT2D eigenvalue weighted by molar-refractivity contribution is 5.57. The lowest BCUT2D eigenvalue weighted by molar-refractivity contribution is 0.483. The molecular weight excluding hydrogens is 224 g/mol. The summed E-state index contributed by atoms with van der Waals surface area (Å²) in [7, 11) is 0. The summed E-state index contributed by atoms with van der Waals surface area (Å²) < 4.78 is 0. The molecule has 0 aromatic carbocycles. The molecule has 2 N–H and O–H groups in total. The number of hydrogen-bond acceptors (Lipinski definition) is 4. The lowest BCUT2D eigenvalue weighted by Crippen LogP contribution is -2.20. The molecule has 0 saturated heterocycles. The summed E-state index contributed by atoms with van der Waals surface area (Å²) in [5, 5.41) is 0. The van der Waals surface area contributed by atoms with E-state index in [4.69, 9.17) is 5.73 Å². The molecule has 0 bridgehead atoms. The Morgan fingerprint density at radius 1 is 1.11 bits per heavy atom. The topological polar surface area (TPSA) is 64.7 Å². The van der Waals surface area contributed by atoms with Crippen LogP contribution in [0.25, 0.3) is 11.3 Å². The van der Waals surface area contributed by atoms with E-state index in [1.807, 2.05) is 18.2 Å². The van der Waals surface area contributed by atoms with E-state index in [0.717, 1.165) is 17.1 Å². The highest BCUT2D eigenvalue weighted by Crippen LogP contribution is 2.22. The smallest absolute Gasteiger partial charge is 0.133 e. The third kappa shape index (κ3) is 2.71. The molecule has 2 heterocycles. The van der Waals surface area contributed by atoms with Crippen LogP contribution >= 0.6 is 0 Å². The van der Waals surface area contributed by atoms with Gasteiger partial charge in [-0.2, -0.15) is 0 Å². The van der Waals surface area contributed by atoms with Crippen molar-refractivity contribution >= 4 is 0 Å². The van der Waals surface area contributed by atoms with Crippen molar-refractivity contribution in [3.8, 4) is 11.3 Å². The SMILES string of the molecule is CC(C)C(CN)c1nccc(-c2ccncc2)n1. The highest BCUT2D eigenvalue weighted by atomic mass is 14.9. The molecule has 4 heteroatoms. The predicted octanol–water partition coefficient (Wildman–Crippen LogP) is 2.24. The monoisotopic (exact) mass is 242 g/mol. The molecule has 0 aliphatic heterocycles. The Labute approximate surface area is 107 Å². The summed E-state index contributed by atoms with van der Waals surface area (Å²) in [6, 6.07) is 5.80. The highest BCUT2D eigenvalue weighted by Gasteiger charge is 2.17. The average Bonchev–Trinajstić information content (AvgIpc) is 2.40. The Balaban J connectivity index is 2.36. The molecule has 2 rings (SSSR count). The van der Waals surface area contributed by atoms with E-state index >= 15 is 0 Å². The molecule has 0 amide bonds. The maximum Gasteiger partial charge on any atom is 0.133 e. The van der Waals surface area contributed by atoms with Gasteiger partial charge < -0.3 is 5.73 Å². The summed E-state index contributed by atoms with van der Waals surface area (Å²) in [6.07, 6.45) is 5.32. The van der Waals surface area contributed by atoms with Crippen LogP contribution in [-0.2, 0) is 0 Å². The zero-order chi connectivity index (χ0) is 13.0. The zero-order valence-corrected chi connectivity index (χ0v) is 10.7. The number of pyridine rings is 1. The molecule has 0 aliphatic rings. The molecule has 0 radical (unpaired) electrons. The van der Waals surface area contributed by atoms with Crippen molar-refractivity contribution in [2.45, 2.75) is 19.8 Å². The van der Waals surface area contributed by atoms with Crippen molar-refractivity contribution in [3.63, 3.8) is 0 Å². The molecule has 2 aromatic rings. The van der Waals surface area contributed by atoms with Gasteiger partial charge in [-0.3, -0.25) is 4.98 Å². The van der Waals surface area contributed by atoms with E-state index in [1.165, 1.54) is 0 Å². The van der Waals surface area contributed by atoms with Gasteiger partial charge in [-0.25, -0.2) is 9.97 Å². The second-order valence-electron chi connectivity index (χ2n) is 4.62. The fourth-order valence-electron chi connectivity index (χ4n) is 1.91. The van der Waals surface area contributed by atoms with Gasteiger partial charge in [0, 0.05) is 36.6 Å². The van der Waals surface area contributed by atoms with Crippen LogP contribution in [0.5, 0.6) is 0 Å². The molecule has 2 aromatic heterocycles. The predicted molar refractivity (Wildman–Crippen MR) is 71.9 cm³/mol. The number of aromatic nitrogens is 3. The van der Waals surface area contributed by atoms with E-state index in [0.29, 0.717) is 12.5 Å². The Morgan fingerprint density at radius 3 is 2.44 bits per heavy atom. The van der Waals surface area contributed by atoms with Gasteiger partial charge in [-0.1, -0.05) is 13.8 Å². The molecule has 0 spiro atoms. The first-order valence-corrected chi connectivity index (χ1v) is 6.15. The second kappa shape index (κ2) is 5.69. The largest absolute Gasteiger partial charge is 0.330 e. The van der Waals surface area contributed by atoms with E-state index < -0.39 is 0 Å². The second-order valence-corrected chi connectivity index (χ2v) is 4.62. The van der Waals surface area contributed by atoms with E-state index in [9.17, 15) is 0 Å². The van der Waals surface area contributed by atoms with Gasteiger partial charge in [0.15, 0.2) is 0 Å². The van der Waals surface area contributed by atoms with Crippen LogP contribution in [-0.4, -0.2) is 21.5 Å². The van der Waals surface area contributed by atoms with E-state index in [2.05, 4.69) is 28.8 Å². The Bertz CT molecular complexity index is 496. The first-order chi connectivity index (χ1) is 8.72. The third-order valence-electron chi connectivity index (χ3n) is 3.04. The van der Waals surface area contributed by atoms with Crippen LogP contribution < -0.4 is 5.73 Å². The number of nitrogens with zero attached hydrogens (tertiary/aromatic N) is 3. The lowest BCUT2D eigenvalue weighted by atomic mass is 9.95. The van der Waals surface area contributed by atoms with Crippen molar-refractivity contribution in [1.82, 2.24) is 15.0 Å². The minimum atomic E-state index is 0.201. The van der Waals surface area contributed by atoms with Crippen molar-refractivity contribution in [2.75, 3.05) is 6.54 Å². The maximum absolute atomic E-state index is 5.80. The standard InChI is InChI=1S/C14H18N4/c1-10(2)12(9-15)14-17-8-5-13(18-14)11-3-6-16-7-4-11/h3-8,10,12H,9,15H2,1-2H3. The summed E-state index contributed by atoms with van der Waals surface area (Å²) in [6.45, 7) is 4.84. The average molecular weight is 242 g/mol. The number of rotatable bonds is 4. The summed E-state index contributed by atoms with van der Waals surface area (Å²) >= 11 is 0. The van der Waals surface area contributed by atoms with Crippen molar-refractivity contribution in [1.29, 1.82) is 0 Å². The van der Waals surface area contributed by atoms with Crippen molar-refractivity contribution < 1.29 is 0 Å². The van der Waals surface area contributed by atoms with Gasteiger partial charge >= 0.3 is 0 Å². The number of hydrogen-bond donors (Lipinski definition) is 1. The quantitative estimate of drug-likeness (QED) is 0.893. The summed E-state index contributed by atoms with van der Waals surface area (Å²) in [4.78, 5) is 13.0. The van der Waals surface area contributed by atoms with Gasteiger partial charge in [-0.15, -0.1) is 0 Å². The first kappa shape index (κ1) is 12.6. The summed E-state index contributed by atoms with van der Waals surface area (Å²) in [5.74, 6) is 1.45. The van der Waals surface area contributed by atoms with Crippen molar-refractivity contribution in [3.05, 3.63) is 42.6 Å².